The van der Waals surface area contributed by atoms with Gasteiger partial charge in [0.15, 0.2) is 0 Å². The molecule has 5 heteroatoms. The highest BCUT2D eigenvalue weighted by Crippen LogP contribution is 2.19. The molecule has 0 saturated heterocycles. The lowest BCUT2D eigenvalue weighted by atomic mass is 10.1. The van der Waals surface area contributed by atoms with Crippen molar-refractivity contribution < 1.29 is 19.8 Å². The zero-order valence-corrected chi connectivity index (χ0v) is 7.68. The summed E-state index contributed by atoms with van der Waals surface area (Å²) in [4.78, 5) is 21.0. The first-order valence-electron chi connectivity index (χ1n) is 4.04. The van der Waals surface area contributed by atoms with E-state index in [4.69, 9.17) is 10.8 Å². The van der Waals surface area contributed by atoms with Crippen LogP contribution in [0, 0.1) is 0 Å². The lowest BCUT2D eigenvalue weighted by Gasteiger charge is -2.00. The molecule has 4 N–H and O–H groups in total. The SMILES string of the molecule is NC(=O)C=Cc1cc(C(=O)O)ccc1O. The highest BCUT2D eigenvalue weighted by atomic mass is 16.4. The second kappa shape index (κ2) is 4.28. The predicted octanol–water partition coefficient (Wildman–Crippen LogP) is 0.589. The van der Waals surface area contributed by atoms with Crippen molar-refractivity contribution in [3.8, 4) is 5.75 Å². The van der Waals surface area contributed by atoms with E-state index in [1.807, 2.05) is 0 Å². The molecule has 1 aromatic rings. The van der Waals surface area contributed by atoms with Crippen molar-refractivity contribution in [3.05, 3.63) is 35.4 Å². The number of amides is 1. The zero-order chi connectivity index (χ0) is 11.4. The van der Waals surface area contributed by atoms with Crippen LogP contribution in [0.3, 0.4) is 0 Å². The Kier molecular flexibility index (Phi) is 3.07. The number of carboxylic acid groups (broad SMARTS) is 1. The molecule has 0 saturated carbocycles. The van der Waals surface area contributed by atoms with Crippen LogP contribution in [0.25, 0.3) is 6.08 Å². The third-order valence-electron chi connectivity index (χ3n) is 1.70. The number of phenolic OH excluding ortho intramolecular Hbond substituents is 1. The fraction of sp³-hybridized carbons (Fsp3) is 0. The standard InChI is InChI=1S/C10H9NO4/c11-9(13)4-2-6-5-7(10(14)15)1-3-8(6)12/h1-5,12H,(H2,11,13)(H,14,15). The summed E-state index contributed by atoms with van der Waals surface area (Å²) < 4.78 is 0. The van der Waals surface area contributed by atoms with E-state index in [2.05, 4.69) is 0 Å². The summed E-state index contributed by atoms with van der Waals surface area (Å²) in [6.07, 6.45) is 2.30. The Bertz CT molecular complexity index is 437. The van der Waals surface area contributed by atoms with E-state index in [1.165, 1.54) is 24.3 Å². The maximum absolute atomic E-state index is 10.6. The molecule has 0 aliphatic rings. The number of carbonyl (C=O) groups is 2. The fourth-order valence-corrected chi connectivity index (χ4v) is 0.993. The minimum Gasteiger partial charge on any atom is -0.507 e. The van der Waals surface area contributed by atoms with Crippen LogP contribution in [0.2, 0.25) is 0 Å². The summed E-state index contributed by atoms with van der Waals surface area (Å²) in [5.74, 6) is -1.89. The number of carboxylic acids is 1. The zero-order valence-electron chi connectivity index (χ0n) is 7.68. The summed E-state index contributed by atoms with van der Waals surface area (Å²) in [5, 5.41) is 18.0. The van der Waals surface area contributed by atoms with Gasteiger partial charge in [0.25, 0.3) is 0 Å². The fourth-order valence-electron chi connectivity index (χ4n) is 0.993. The molecule has 78 valence electrons. The van der Waals surface area contributed by atoms with Gasteiger partial charge in [-0.1, -0.05) is 0 Å². The van der Waals surface area contributed by atoms with Crippen molar-refractivity contribution in [2.45, 2.75) is 0 Å². The van der Waals surface area contributed by atoms with Gasteiger partial charge in [-0.05, 0) is 24.3 Å². The average Bonchev–Trinajstić information content (AvgIpc) is 2.16. The number of carbonyl (C=O) groups excluding carboxylic acids is 1. The third kappa shape index (κ3) is 2.84. The molecular weight excluding hydrogens is 198 g/mol. The largest absolute Gasteiger partial charge is 0.507 e. The van der Waals surface area contributed by atoms with Crippen LogP contribution in [0.1, 0.15) is 15.9 Å². The van der Waals surface area contributed by atoms with Crippen molar-refractivity contribution in [2.24, 2.45) is 5.73 Å². The number of rotatable bonds is 3. The second-order valence-corrected chi connectivity index (χ2v) is 2.81. The lowest BCUT2D eigenvalue weighted by molar-refractivity contribution is -0.113. The van der Waals surface area contributed by atoms with Crippen molar-refractivity contribution in [1.82, 2.24) is 0 Å². The number of hydrogen-bond acceptors (Lipinski definition) is 3. The Morgan fingerprint density at radius 3 is 2.53 bits per heavy atom. The van der Waals surface area contributed by atoms with Gasteiger partial charge in [-0.25, -0.2) is 4.79 Å². The van der Waals surface area contributed by atoms with Gasteiger partial charge in [-0.15, -0.1) is 0 Å². The lowest BCUT2D eigenvalue weighted by Crippen LogP contribution is -2.05. The second-order valence-electron chi connectivity index (χ2n) is 2.81. The number of hydrogen-bond donors (Lipinski definition) is 3. The van der Waals surface area contributed by atoms with E-state index in [0.29, 0.717) is 0 Å². The molecule has 0 atom stereocenters. The van der Waals surface area contributed by atoms with Crippen LogP contribution in [-0.4, -0.2) is 22.1 Å². The van der Waals surface area contributed by atoms with E-state index >= 15 is 0 Å². The maximum atomic E-state index is 10.6. The Balaban J connectivity index is 3.11. The van der Waals surface area contributed by atoms with Gasteiger partial charge in [0.1, 0.15) is 5.75 Å². The molecule has 1 aromatic carbocycles. The van der Waals surface area contributed by atoms with Gasteiger partial charge in [-0.3, -0.25) is 4.79 Å². The smallest absolute Gasteiger partial charge is 0.335 e. The first-order valence-corrected chi connectivity index (χ1v) is 4.04. The highest BCUT2D eigenvalue weighted by molar-refractivity contribution is 5.92. The molecule has 0 heterocycles. The number of aromatic hydroxyl groups is 1. The van der Waals surface area contributed by atoms with E-state index in [-0.39, 0.29) is 16.9 Å². The predicted molar refractivity (Wildman–Crippen MR) is 53.3 cm³/mol. The Labute approximate surface area is 85.5 Å². The summed E-state index contributed by atoms with van der Waals surface area (Å²) >= 11 is 0. The first kappa shape index (κ1) is 10.8. The Morgan fingerprint density at radius 2 is 2.00 bits per heavy atom. The topological polar surface area (TPSA) is 101 Å². The quantitative estimate of drug-likeness (QED) is 0.631. The monoisotopic (exact) mass is 207 g/mol. The summed E-state index contributed by atoms with van der Waals surface area (Å²) in [6.45, 7) is 0. The van der Waals surface area contributed by atoms with Crippen molar-refractivity contribution in [2.75, 3.05) is 0 Å². The summed E-state index contributed by atoms with van der Waals surface area (Å²) in [7, 11) is 0. The minimum absolute atomic E-state index is 0.0249. The number of benzene rings is 1. The first-order chi connectivity index (χ1) is 7.00. The molecule has 1 amide bonds. The molecule has 0 unspecified atom stereocenters. The maximum Gasteiger partial charge on any atom is 0.335 e. The highest BCUT2D eigenvalue weighted by Gasteiger charge is 2.05. The van der Waals surface area contributed by atoms with Crippen LogP contribution < -0.4 is 5.73 Å². The van der Waals surface area contributed by atoms with Crippen molar-refractivity contribution >= 4 is 18.0 Å². The molecule has 0 fully saturated rings. The van der Waals surface area contributed by atoms with Crippen LogP contribution in [-0.2, 0) is 4.79 Å². The summed E-state index contributed by atoms with van der Waals surface area (Å²) in [6, 6.07) is 3.75. The van der Waals surface area contributed by atoms with Gasteiger partial charge in [-0.2, -0.15) is 0 Å². The summed E-state index contributed by atoms with van der Waals surface area (Å²) in [5.41, 5.74) is 5.12. The number of primary amides is 1. The number of aromatic carboxylic acids is 1. The molecule has 0 aromatic heterocycles. The van der Waals surface area contributed by atoms with Gasteiger partial charge in [0.05, 0.1) is 5.56 Å². The number of phenols is 1. The van der Waals surface area contributed by atoms with Crippen molar-refractivity contribution in [3.63, 3.8) is 0 Å². The van der Waals surface area contributed by atoms with Crippen LogP contribution in [0.15, 0.2) is 24.3 Å². The Hall–Kier alpha value is -2.30. The van der Waals surface area contributed by atoms with Gasteiger partial charge < -0.3 is 15.9 Å². The van der Waals surface area contributed by atoms with Gasteiger partial charge in [0, 0.05) is 11.6 Å². The molecule has 0 aliphatic carbocycles. The molecule has 1 rings (SSSR count). The van der Waals surface area contributed by atoms with Crippen LogP contribution in [0.4, 0.5) is 0 Å². The molecule has 0 bridgehead atoms. The van der Waals surface area contributed by atoms with Crippen LogP contribution in [0.5, 0.6) is 5.75 Å². The number of nitrogens with two attached hydrogens (primary N) is 1. The minimum atomic E-state index is -1.11. The van der Waals surface area contributed by atoms with E-state index in [0.717, 1.165) is 6.08 Å². The molecular formula is C10H9NO4. The van der Waals surface area contributed by atoms with Gasteiger partial charge in [0.2, 0.25) is 5.91 Å². The molecule has 0 radical (unpaired) electrons. The molecule has 0 spiro atoms. The molecule has 0 aliphatic heterocycles. The van der Waals surface area contributed by atoms with Crippen LogP contribution >= 0.6 is 0 Å². The molecule has 15 heavy (non-hydrogen) atoms. The average molecular weight is 207 g/mol. The van der Waals surface area contributed by atoms with E-state index in [1.54, 1.807) is 0 Å². The Morgan fingerprint density at radius 1 is 1.33 bits per heavy atom. The van der Waals surface area contributed by atoms with Gasteiger partial charge >= 0.3 is 5.97 Å². The molecule has 5 nitrogen and oxygen atoms in total. The van der Waals surface area contributed by atoms with E-state index in [9.17, 15) is 14.7 Å². The third-order valence-corrected chi connectivity index (χ3v) is 1.70. The normalized spacial score (nSPS) is 10.4. The van der Waals surface area contributed by atoms with E-state index < -0.39 is 11.9 Å². The van der Waals surface area contributed by atoms with Crippen molar-refractivity contribution in [1.29, 1.82) is 0 Å².